The summed E-state index contributed by atoms with van der Waals surface area (Å²) >= 11 is 1.72. The van der Waals surface area contributed by atoms with Crippen LogP contribution in [0.5, 0.6) is 0 Å². The Labute approximate surface area is 109 Å². The minimum Gasteiger partial charge on any atom is -0.392 e. The second-order valence-electron chi connectivity index (χ2n) is 4.56. The van der Waals surface area contributed by atoms with Gasteiger partial charge in [-0.05, 0) is 24.1 Å². The smallest absolute Gasteiger partial charge is 0.0631 e. The molecule has 0 radical (unpaired) electrons. The van der Waals surface area contributed by atoms with Gasteiger partial charge < -0.3 is 10.4 Å². The van der Waals surface area contributed by atoms with Crippen LogP contribution >= 0.6 is 11.8 Å². The van der Waals surface area contributed by atoms with Crippen LogP contribution in [0.4, 0.5) is 0 Å². The van der Waals surface area contributed by atoms with Crippen LogP contribution in [0.25, 0.3) is 0 Å². The van der Waals surface area contributed by atoms with Crippen LogP contribution in [0.1, 0.15) is 32.8 Å². The lowest BCUT2D eigenvalue weighted by molar-refractivity contribution is 0.195. The van der Waals surface area contributed by atoms with Gasteiger partial charge in [-0.2, -0.15) is 0 Å². The monoisotopic (exact) mass is 253 g/mol. The molecule has 0 amide bonds. The van der Waals surface area contributed by atoms with E-state index in [2.05, 4.69) is 43.4 Å². The molecular formula is C14H23NOS. The third-order valence-corrected chi connectivity index (χ3v) is 3.67. The lowest BCUT2D eigenvalue weighted by Crippen LogP contribution is -2.21. The van der Waals surface area contributed by atoms with Gasteiger partial charge in [-0.3, -0.25) is 0 Å². The van der Waals surface area contributed by atoms with Crippen LogP contribution in [0, 0.1) is 0 Å². The highest BCUT2D eigenvalue weighted by Crippen LogP contribution is 2.20. The predicted octanol–water partition coefficient (Wildman–Crippen LogP) is 3.05. The van der Waals surface area contributed by atoms with E-state index < -0.39 is 0 Å². The minimum absolute atomic E-state index is 0.197. The van der Waals surface area contributed by atoms with E-state index in [0.29, 0.717) is 6.04 Å². The molecule has 96 valence electrons. The molecule has 17 heavy (non-hydrogen) atoms. The molecule has 3 heteroatoms. The summed E-state index contributed by atoms with van der Waals surface area (Å²) < 4.78 is 0. The zero-order valence-corrected chi connectivity index (χ0v) is 11.8. The number of aliphatic hydroxyl groups excluding tert-OH is 1. The molecular weight excluding hydrogens is 230 g/mol. The lowest BCUT2D eigenvalue weighted by Gasteiger charge is -2.10. The molecule has 0 saturated carbocycles. The number of rotatable bonds is 7. The summed E-state index contributed by atoms with van der Waals surface area (Å²) in [5.74, 6) is 0.775. The van der Waals surface area contributed by atoms with E-state index in [4.69, 9.17) is 0 Å². The van der Waals surface area contributed by atoms with Gasteiger partial charge in [-0.15, -0.1) is 11.8 Å². The normalized spacial score (nSPS) is 13.0. The highest BCUT2D eigenvalue weighted by Gasteiger charge is 2.03. The van der Waals surface area contributed by atoms with Crippen molar-refractivity contribution in [3.05, 3.63) is 29.8 Å². The average Bonchev–Trinajstić information content (AvgIpc) is 2.34. The standard InChI is InChI=1S/C14H23NOS/c1-4-13(16)10-17-14-7-5-6-12(8-14)9-15-11(2)3/h5-8,11,13,15-16H,4,9-10H2,1-3H3. The first-order valence-corrected chi connectivity index (χ1v) is 7.23. The van der Waals surface area contributed by atoms with E-state index in [0.717, 1.165) is 18.7 Å². The Balaban J connectivity index is 2.47. The minimum atomic E-state index is -0.197. The summed E-state index contributed by atoms with van der Waals surface area (Å²) in [4.78, 5) is 1.24. The number of thioether (sulfide) groups is 1. The highest BCUT2D eigenvalue weighted by molar-refractivity contribution is 7.99. The van der Waals surface area contributed by atoms with Crippen LogP contribution in [-0.4, -0.2) is 23.0 Å². The van der Waals surface area contributed by atoms with Crippen molar-refractivity contribution in [1.29, 1.82) is 0 Å². The lowest BCUT2D eigenvalue weighted by atomic mass is 10.2. The quantitative estimate of drug-likeness (QED) is 0.733. The molecule has 0 saturated heterocycles. The van der Waals surface area contributed by atoms with E-state index in [1.54, 1.807) is 11.8 Å². The third-order valence-electron chi connectivity index (χ3n) is 2.53. The molecule has 0 bridgehead atoms. The first-order valence-electron chi connectivity index (χ1n) is 6.25. The molecule has 0 aliphatic heterocycles. The Morgan fingerprint density at radius 1 is 1.35 bits per heavy atom. The van der Waals surface area contributed by atoms with Crippen LogP contribution < -0.4 is 5.32 Å². The van der Waals surface area contributed by atoms with Crippen molar-refractivity contribution < 1.29 is 5.11 Å². The van der Waals surface area contributed by atoms with Crippen molar-refractivity contribution in [2.45, 2.75) is 50.8 Å². The SMILES string of the molecule is CCC(O)CSc1cccc(CNC(C)C)c1. The van der Waals surface area contributed by atoms with Crippen LogP contribution in [-0.2, 0) is 6.54 Å². The molecule has 0 fully saturated rings. The van der Waals surface area contributed by atoms with Crippen molar-refractivity contribution >= 4 is 11.8 Å². The third kappa shape index (κ3) is 6.10. The van der Waals surface area contributed by atoms with Crippen molar-refractivity contribution in [1.82, 2.24) is 5.32 Å². The van der Waals surface area contributed by atoms with E-state index in [1.165, 1.54) is 10.5 Å². The Bertz CT molecular complexity index is 328. The van der Waals surface area contributed by atoms with E-state index in [-0.39, 0.29) is 6.10 Å². The van der Waals surface area contributed by atoms with Crippen LogP contribution in [0.2, 0.25) is 0 Å². The molecule has 1 unspecified atom stereocenters. The molecule has 0 spiro atoms. The topological polar surface area (TPSA) is 32.3 Å². The Morgan fingerprint density at radius 3 is 2.76 bits per heavy atom. The van der Waals surface area contributed by atoms with Gasteiger partial charge in [0.15, 0.2) is 0 Å². The second-order valence-corrected chi connectivity index (χ2v) is 5.65. The number of hydrogen-bond acceptors (Lipinski definition) is 3. The summed E-state index contributed by atoms with van der Waals surface area (Å²) in [6.07, 6.45) is 0.624. The van der Waals surface area contributed by atoms with Gasteiger partial charge >= 0.3 is 0 Å². The molecule has 1 atom stereocenters. The Kier molecular flexibility index (Phi) is 6.63. The molecule has 0 aromatic heterocycles. The number of hydrogen-bond donors (Lipinski definition) is 2. The van der Waals surface area contributed by atoms with Crippen molar-refractivity contribution in [3.63, 3.8) is 0 Å². The summed E-state index contributed by atoms with van der Waals surface area (Å²) in [6, 6.07) is 9.02. The Hall–Kier alpha value is -0.510. The molecule has 0 aliphatic rings. The van der Waals surface area contributed by atoms with Gasteiger partial charge in [-0.25, -0.2) is 0 Å². The summed E-state index contributed by atoms with van der Waals surface area (Å²) in [7, 11) is 0. The maximum Gasteiger partial charge on any atom is 0.0631 e. The molecule has 0 aliphatic carbocycles. The molecule has 2 N–H and O–H groups in total. The van der Waals surface area contributed by atoms with E-state index in [9.17, 15) is 5.11 Å². The molecule has 1 aromatic carbocycles. The van der Waals surface area contributed by atoms with Crippen molar-refractivity contribution in [3.8, 4) is 0 Å². The van der Waals surface area contributed by atoms with Gasteiger partial charge in [0.05, 0.1) is 6.10 Å². The molecule has 2 nitrogen and oxygen atoms in total. The number of benzene rings is 1. The second kappa shape index (κ2) is 7.75. The van der Waals surface area contributed by atoms with E-state index >= 15 is 0 Å². The van der Waals surface area contributed by atoms with Crippen molar-refractivity contribution in [2.24, 2.45) is 0 Å². The molecule has 1 aromatic rings. The number of aliphatic hydroxyl groups is 1. The van der Waals surface area contributed by atoms with Gasteiger partial charge in [-0.1, -0.05) is 32.9 Å². The van der Waals surface area contributed by atoms with Crippen LogP contribution in [0.15, 0.2) is 29.2 Å². The number of nitrogens with one attached hydrogen (secondary N) is 1. The fourth-order valence-corrected chi connectivity index (χ4v) is 2.41. The first-order chi connectivity index (χ1) is 8.11. The fourth-order valence-electron chi connectivity index (χ4n) is 1.38. The largest absolute Gasteiger partial charge is 0.392 e. The average molecular weight is 253 g/mol. The summed E-state index contributed by atoms with van der Waals surface area (Å²) in [5.41, 5.74) is 1.30. The van der Waals surface area contributed by atoms with Gasteiger partial charge in [0.25, 0.3) is 0 Å². The summed E-state index contributed by atoms with van der Waals surface area (Å²) in [5, 5.41) is 12.9. The van der Waals surface area contributed by atoms with Crippen molar-refractivity contribution in [2.75, 3.05) is 5.75 Å². The highest BCUT2D eigenvalue weighted by atomic mass is 32.2. The zero-order valence-electron chi connectivity index (χ0n) is 10.9. The first kappa shape index (κ1) is 14.6. The molecule has 1 rings (SSSR count). The van der Waals surface area contributed by atoms with Gasteiger partial charge in [0, 0.05) is 23.2 Å². The maximum atomic E-state index is 9.53. The fraction of sp³-hybridized carbons (Fsp3) is 0.571. The Morgan fingerprint density at radius 2 is 2.12 bits per heavy atom. The predicted molar refractivity (Wildman–Crippen MR) is 75.4 cm³/mol. The van der Waals surface area contributed by atoms with Crippen LogP contribution in [0.3, 0.4) is 0 Å². The van der Waals surface area contributed by atoms with Gasteiger partial charge in [0.1, 0.15) is 0 Å². The zero-order chi connectivity index (χ0) is 12.7. The molecule has 0 heterocycles. The van der Waals surface area contributed by atoms with Gasteiger partial charge in [0.2, 0.25) is 0 Å². The van der Waals surface area contributed by atoms with E-state index in [1.807, 2.05) is 6.92 Å². The summed E-state index contributed by atoms with van der Waals surface area (Å²) in [6.45, 7) is 7.21. The maximum absolute atomic E-state index is 9.53.